The van der Waals surface area contributed by atoms with Crippen LogP contribution in [0, 0.1) is 0 Å². The molecule has 2 aliphatic heterocycles. The number of aryl methyl sites for hydroxylation is 1. The molecular formula is C31H33N3O5. The fourth-order valence-electron chi connectivity index (χ4n) is 6.26. The Balaban J connectivity index is 1.48. The van der Waals surface area contributed by atoms with Gasteiger partial charge in [0.2, 0.25) is 0 Å². The number of carbonyl (C=O) groups is 2. The van der Waals surface area contributed by atoms with E-state index in [2.05, 4.69) is 4.57 Å². The Morgan fingerprint density at radius 2 is 1.95 bits per heavy atom. The number of methoxy groups -OCH3 is 1. The molecule has 8 heteroatoms. The first-order valence-electron chi connectivity index (χ1n) is 13.7. The van der Waals surface area contributed by atoms with Crippen LogP contribution in [0.1, 0.15) is 55.1 Å². The van der Waals surface area contributed by atoms with Gasteiger partial charge in [0.15, 0.2) is 0 Å². The molecule has 0 saturated carbocycles. The molecule has 1 N–H and O–H groups in total. The van der Waals surface area contributed by atoms with Crippen molar-refractivity contribution in [3.8, 4) is 0 Å². The number of rotatable bonds is 5. The first-order valence-corrected chi connectivity index (χ1v) is 13.7. The maximum absolute atomic E-state index is 12.7. The maximum atomic E-state index is 12.7. The number of ether oxygens (including phenoxy) is 2. The average Bonchev–Trinajstić information content (AvgIpc) is 3.34. The molecule has 202 valence electrons. The fraction of sp³-hybridized carbons (Fsp3) is 0.387. The van der Waals surface area contributed by atoms with Crippen LogP contribution in [0.2, 0.25) is 0 Å². The third-order valence-corrected chi connectivity index (χ3v) is 8.26. The molecule has 2 unspecified atom stereocenters. The van der Waals surface area contributed by atoms with Crippen LogP contribution < -0.4 is 4.90 Å². The number of aliphatic carboxylic acids is 1. The molecule has 1 fully saturated rings. The predicted octanol–water partition coefficient (Wildman–Crippen LogP) is 5.86. The summed E-state index contributed by atoms with van der Waals surface area (Å²) in [4.78, 5) is 32.1. The number of amides is 1. The largest absolute Gasteiger partial charge is 0.481 e. The van der Waals surface area contributed by atoms with E-state index in [1.807, 2.05) is 61.5 Å². The zero-order valence-corrected chi connectivity index (χ0v) is 22.3. The monoisotopic (exact) mass is 527 g/mol. The number of hydrogen-bond donors (Lipinski definition) is 1. The molecule has 1 saturated heterocycles. The summed E-state index contributed by atoms with van der Waals surface area (Å²) in [6.45, 7) is 3.32. The minimum Gasteiger partial charge on any atom is -0.481 e. The number of carbonyl (C=O) groups excluding carboxylic acids is 1. The van der Waals surface area contributed by atoms with E-state index >= 15 is 0 Å². The van der Waals surface area contributed by atoms with Crippen LogP contribution in [0.5, 0.6) is 0 Å². The number of carboxylic acid groups (broad SMARTS) is 1. The van der Waals surface area contributed by atoms with Gasteiger partial charge in [-0.3, -0.25) is 9.69 Å². The van der Waals surface area contributed by atoms with Gasteiger partial charge < -0.3 is 19.1 Å². The summed E-state index contributed by atoms with van der Waals surface area (Å²) in [7, 11) is 1.40. The Morgan fingerprint density at radius 1 is 1.13 bits per heavy atom. The van der Waals surface area contributed by atoms with Crippen LogP contribution in [-0.4, -0.2) is 53.1 Å². The third-order valence-electron chi connectivity index (χ3n) is 8.26. The van der Waals surface area contributed by atoms with Gasteiger partial charge in [-0.15, -0.1) is 0 Å². The van der Waals surface area contributed by atoms with Crippen LogP contribution in [0.25, 0.3) is 21.8 Å². The number of carboxylic acids is 1. The Morgan fingerprint density at radius 3 is 2.69 bits per heavy atom. The lowest BCUT2D eigenvalue weighted by Crippen LogP contribution is -2.42. The smallest absolute Gasteiger partial charge is 0.414 e. The second-order valence-electron chi connectivity index (χ2n) is 10.6. The Bertz CT molecular complexity index is 1550. The Hall–Kier alpha value is -3.91. The van der Waals surface area contributed by atoms with Crippen LogP contribution in [0.15, 0.2) is 54.6 Å². The third kappa shape index (κ3) is 4.52. The van der Waals surface area contributed by atoms with Crippen molar-refractivity contribution in [2.75, 3.05) is 25.2 Å². The van der Waals surface area contributed by atoms with Crippen molar-refractivity contribution in [2.24, 2.45) is 0 Å². The van der Waals surface area contributed by atoms with Gasteiger partial charge in [0, 0.05) is 24.6 Å². The molecule has 39 heavy (non-hydrogen) atoms. The highest BCUT2D eigenvalue weighted by Crippen LogP contribution is 2.39. The fourth-order valence-corrected chi connectivity index (χ4v) is 6.26. The highest BCUT2D eigenvalue weighted by Gasteiger charge is 2.33. The van der Waals surface area contributed by atoms with Crippen LogP contribution in [-0.2, 0) is 27.1 Å². The summed E-state index contributed by atoms with van der Waals surface area (Å²) in [5.41, 5.74) is 4.36. The second kappa shape index (κ2) is 10.3. The molecule has 1 aromatic heterocycles. The van der Waals surface area contributed by atoms with Crippen molar-refractivity contribution >= 4 is 39.6 Å². The number of benzene rings is 3. The van der Waals surface area contributed by atoms with Gasteiger partial charge in [-0.25, -0.2) is 9.78 Å². The van der Waals surface area contributed by atoms with Crippen LogP contribution >= 0.6 is 0 Å². The molecule has 3 heterocycles. The van der Waals surface area contributed by atoms with E-state index in [0.29, 0.717) is 6.61 Å². The number of hydrogen-bond acceptors (Lipinski definition) is 5. The zero-order chi connectivity index (χ0) is 27.1. The van der Waals surface area contributed by atoms with E-state index in [9.17, 15) is 14.7 Å². The SMILES string of the molecule is COC(=O)N1c2ccc3c(nc(CC(C(=O)O)c4ccc5ccccc5c4)n3C3CCCOC3)c2CC[C@@H]1C. The topological polar surface area (TPSA) is 93.9 Å². The average molecular weight is 528 g/mol. The lowest BCUT2D eigenvalue weighted by molar-refractivity contribution is -0.138. The van der Waals surface area contributed by atoms with Gasteiger partial charge in [0.25, 0.3) is 0 Å². The Kier molecular flexibility index (Phi) is 6.73. The molecule has 0 radical (unpaired) electrons. The molecule has 0 spiro atoms. The van der Waals surface area contributed by atoms with Crippen LogP contribution in [0.4, 0.5) is 10.5 Å². The number of aromatic nitrogens is 2. The highest BCUT2D eigenvalue weighted by atomic mass is 16.5. The molecule has 3 atom stereocenters. The summed E-state index contributed by atoms with van der Waals surface area (Å²) in [6, 6.07) is 17.9. The summed E-state index contributed by atoms with van der Waals surface area (Å²) >= 11 is 0. The van der Waals surface area contributed by atoms with Crippen molar-refractivity contribution < 1.29 is 24.2 Å². The summed E-state index contributed by atoms with van der Waals surface area (Å²) < 4.78 is 13.1. The van der Waals surface area contributed by atoms with Crippen molar-refractivity contribution in [1.29, 1.82) is 0 Å². The summed E-state index contributed by atoms with van der Waals surface area (Å²) in [6.07, 6.45) is 3.33. The second-order valence-corrected chi connectivity index (χ2v) is 10.6. The van der Waals surface area contributed by atoms with Crippen molar-refractivity contribution in [1.82, 2.24) is 9.55 Å². The van der Waals surface area contributed by atoms with Crippen molar-refractivity contribution in [2.45, 2.75) is 57.0 Å². The van der Waals surface area contributed by atoms with Gasteiger partial charge in [0.1, 0.15) is 5.82 Å². The van der Waals surface area contributed by atoms with E-state index in [4.69, 9.17) is 14.5 Å². The zero-order valence-electron chi connectivity index (χ0n) is 22.3. The summed E-state index contributed by atoms with van der Waals surface area (Å²) in [5.74, 6) is -0.897. The first-order chi connectivity index (χ1) is 19.0. The van der Waals surface area contributed by atoms with Crippen molar-refractivity contribution in [3.63, 3.8) is 0 Å². The highest BCUT2D eigenvalue weighted by molar-refractivity contribution is 5.95. The number of fused-ring (bicyclic) bond motifs is 4. The number of anilines is 1. The predicted molar refractivity (Wildman–Crippen MR) is 150 cm³/mol. The van der Waals surface area contributed by atoms with Gasteiger partial charge in [-0.2, -0.15) is 0 Å². The van der Waals surface area contributed by atoms with Crippen LogP contribution in [0.3, 0.4) is 0 Å². The Labute approximate surface area is 227 Å². The lowest BCUT2D eigenvalue weighted by Gasteiger charge is -2.34. The van der Waals surface area contributed by atoms with Gasteiger partial charge in [0.05, 0.1) is 42.4 Å². The number of nitrogens with zero attached hydrogens (tertiary/aromatic N) is 3. The molecule has 4 aromatic rings. The quantitative estimate of drug-likeness (QED) is 0.349. The van der Waals surface area contributed by atoms with Gasteiger partial charge in [-0.1, -0.05) is 42.5 Å². The summed E-state index contributed by atoms with van der Waals surface area (Å²) in [5, 5.41) is 12.5. The molecule has 8 nitrogen and oxygen atoms in total. The molecule has 6 rings (SSSR count). The lowest BCUT2D eigenvalue weighted by atomic mass is 9.93. The molecular weight excluding hydrogens is 494 g/mol. The molecule has 0 bridgehead atoms. The van der Waals surface area contributed by atoms with E-state index in [1.165, 1.54) is 7.11 Å². The molecule has 3 aromatic carbocycles. The maximum Gasteiger partial charge on any atom is 0.414 e. The molecule has 2 aliphatic rings. The van der Waals surface area contributed by atoms with E-state index in [0.717, 1.165) is 76.7 Å². The van der Waals surface area contributed by atoms with E-state index < -0.39 is 11.9 Å². The van der Waals surface area contributed by atoms with Crippen molar-refractivity contribution in [3.05, 3.63) is 71.5 Å². The first kappa shape index (κ1) is 25.4. The van der Waals surface area contributed by atoms with E-state index in [-0.39, 0.29) is 24.6 Å². The number of imidazole rings is 1. The standard InChI is InChI=1S/C31H33N3O5/c1-19-9-12-24-26(33(19)31(37)38-2)13-14-27-29(24)32-28(34(27)23-8-5-15-39-18-23)17-25(30(35)36)22-11-10-20-6-3-4-7-21(20)16-22/h3-4,6-7,10-11,13-14,16,19,23,25H,5,8-9,12,15,17-18H2,1-2H3,(H,35,36)/t19-,23?,25?/m0/s1. The minimum absolute atomic E-state index is 0.0139. The van der Waals surface area contributed by atoms with Gasteiger partial charge in [-0.05, 0) is 61.1 Å². The molecule has 0 aliphatic carbocycles. The van der Waals surface area contributed by atoms with Gasteiger partial charge >= 0.3 is 12.1 Å². The minimum atomic E-state index is -0.878. The molecule has 1 amide bonds. The van der Waals surface area contributed by atoms with E-state index in [1.54, 1.807) is 4.90 Å². The normalized spacial score (nSPS) is 20.1.